The first-order valence-corrected chi connectivity index (χ1v) is 4.22. The first-order valence-electron chi connectivity index (χ1n) is 4.22. The Morgan fingerprint density at radius 1 is 1.46 bits per heavy atom. The van der Waals surface area contributed by atoms with Gasteiger partial charge in [-0.1, -0.05) is 0 Å². The molecule has 1 aromatic heterocycles. The van der Waals surface area contributed by atoms with Crippen molar-refractivity contribution in [1.29, 1.82) is 0 Å². The first-order chi connectivity index (χ1) is 6.34. The highest BCUT2D eigenvalue weighted by Crippen LogP contribution is 2.23. The van der Waals surface area contributed by atoms with Crippen LogP contribution in [0.25, 0.3) is 0 Å². The summed E-state index contributed by atoms with van der Waals surface area (Å²) in [5.41, 5.74) is 5.61. The Kier molecular flexibility index (Phi) is 2.08. The second-order valence-electron chi connectivity index (χ2n) is 2.94. The third-order valence-electron chi connectivity index (χ3n) is 1.67. The molecule has 0 atom stereocenters. The highest BCUT2D eigenvalue weighted by molar-refractivity contribution is 5.90. The summed E-state index contributed by atoms with van der Waals surface area (Å²) < 4.78 is 0. The van der Waals surface area contributed by atoms with E-state index in [0.717, 1.165) is 12.8 Å². The van der Waals surface area contributed by atoms with Crippen molar-refractivity contribution in [2.24, 2.45) is 10.7 Å². The molecule has 68 valence electrons. The molecule has 5 heteroatoms. The minimum absolute atomic E-state index is 0.397. The number of hydrogen-bond acceptors (Lipinski definition) is 3. The van der Waals surface area contributed by atoms with Crippen molar-refractivity contribution in [1.82, 2.24) is 9.97 Å². The van der Waals surface area contributed by atoms with Crippen molar-refractivity contribution in [2.45, 2.75) is 18.9 Å². The summed E-state index contributed by atoms with van der Waals surface area (Å²) in [7, 11) is 0. The van der Waals surface area contributed by atoms with Gasteiger partial charge in [0.25, 0.3) is 0 Å². The zero-order chi connectivity index (χ0) is 9.10. The zero-order valence-corrected chi connectivity index (χ0v) is 7.14. The van der Waals surface area contributed by atoms with Crippen molar-refractivity contribution in [3.8, 4) is 0 Å². The van der Waals surface area contributed by atoms with Crippen LogP contribution >= 0.6 is 0 Å². The van der Waals surface area contributed by atoms with Crippen LogP contribution in [0.15, 0.2) is 23.5 Å². The van der Waals surface area contributed by atoms with E-state index in [-0.39, 0.29) is 0 Å². The van der Waals surface area contributed by atoms with Gasteiger partial charge in [0, 0.05) is 12.4 Å². The SMILES string of the molecule is NC(=NC1CC1)Nc1ncccn1. The number of aliphatic imine (C=N–C) groups is 1. The molecular weight excluding hydrogens is 166 g/mol. The van der Waals surface area contributed by atoms with Crippen LogP contribution in [0.2, 0.25) is 0 Å². The number of aromatic nitrogens is 2. The van der Waals surface area contributed by atoms with E-state index in [4.69, 9.17) is 5.73 Å². The van der Waals surface area contributed by atoms with Crippen LogP contribution in [0, 0.1) is 0 Å². The molecule has 3 N–H and O–H groups in total. The normalized spacial score (nSPS) is 17.1. The standard InChI is InChI=1S/C8H11N5/c9-7(12-6-2-3-6)13-8-10-4-1-5-11-8/h1,4-6H,2-3H2,(H3,9,10,11,12,13). The molecule has 1 aliphatic rings. The molecule has 1 aromatic rings. The van der Waals surface area contributed by atoms with Crippen LogP contribution in [0.4, 0.5) is 5.95 Å². The van der Waals surface area contributed by atoms with E-state index in [1.54, 1.807) is 18.5 Å². The fourth-order valence-electron chi connectivity index (χ4n) is 0.911. The first kappa shape index (κ1) is 7.97. The Morgan fingerprint density at radius 3 is 2.77 bits per heavy atom. The Bertz CT molecular complexity index is 304. The molecule has 0 amide bonds. The zero-order valence-electron chi connectivity index (χ0n) is 7.14. The van der Waals surface area contributed by atoms with Gasteiger partial charge in [-0.05, 0) is 18.9 Å². The van der Waals surface area contributed by atoms with Crippen LogP contribution < -0.4 is 11.1 Å². The van der Waals surface area contributed by atoms with Gasteiger partial charge in [0.05, 0.1) is 6.04 Å². The Morgan fingerprint density at radius 2 is 2.15 bits per heavy atom. The van der Waals surface area contributed by atoms with Crippen molar-refractivity contribution in [2.75, 3.05) is 5.32 Å². The molecule has 2 rings (SSSR count). The number of anilines is 1. The van der Waals surface area contributed by atoms with Gasteiger partial charge in [-0.2, -0.15) is 0 Å². The van der Waals surface area contributed by atoms with Gasteiger partial charge in [-0.3, -0.25) is 5.32 Å². The summed E-state index contributed by atoms with van der Waals surface area (Å²) in [5.74, 6) is 0.887. The van der Waals surface area contributed by atoms with Gasteiger partial charge in [0.2, 0.25) is 5.95 Å². The molecule has 13 heavy (non-hydrogen) atoms. The van der Waals surface area contributed by atoms with E-state index in [1.807, 2.05) is 0 Å². The van der Waals surface area contributed by atoms with Crippen LogP contribution in [0.3, 0.4) is 0 Å². The third-order valence-corrected chi connectivity index (χ3v) is 1.67. The molecule has 0 aromatic carbocycles. The molecule has 0 bridgehead atoms. The molecule has 0 unspecified atom stereocenters. The number of nitrogens with zero attached hydrogens (tertiary/aromatic N) is 3. The highest BCUT2D eigenvalue weighted by Gasteiger charge is 2.20. The van der Waals surface area contributed by atoms with E-state index in [1.165, 1.54) is 0 Å². The van der Waals surface area contributed by atoms with E-state index >= 15 is 0 Å². The van der Waals surface area contributed by atoms with Crippen LogP contribution in [0.5, 0.6) is 0 Å². The molecular formula is C8H11N5. The second kappa shape index (κ2) is 3.38. The van der Waals surface area contributed by atoms with E-state index < -0.39 is 0 Å². The molecule has 1 heterocycles. The van der Waals surface area contributed by atoms with Gasteiger partial charge >= 0.3 is 0 Å². The molecule has 0 aliphatic heterocycles. The smallest absolute Gasteiger partial charge is 0.229 e. The topological polar surface area (TPSA) is 76.2 Å². The number of rotatable bonds is 2. The fourth-order valence-corrected chi connectivity index (χ4v) is 0.911. The minimum atomic E-state index is 0.397. The highest BCUT2D eigenvalue weighted by atomic mass is 15.2. The summed E-state index contributed by atoms with van der Waals surface area (Å²) in [6, 6.07) is 2.16. The fraction of sp³-hybridized carbons (Fsp3) is 0.375. The van der Waals surface area contributed by atoms with E-state index in [9.17, 15) is 0 Å². The van der Waals surface area contributed by atoms with Crippen LogP contribution in [-0.4, -0.2) is 22.0 Å². The van der Waals surface area contributed by atoms with Crippen LogP contribution in [0.1, 0.15) is 12.8 Å². The summed E-state index contributed by atoms with van der Waals surface area (Å²) in [6.07, 6.45) is 5.58. The number of guanidine groups is 1. The van der Waals surface area contributed by atoms with E-state index in [2.05, 4.69) is 20.3 Å². The molecule has 1 saturated carbocycles. The lowest BCUT2D eigenvalue weighted by molar-refractivity contribution is 1.05. The number of nitrogens with two attached hydrogens (primary N) is 1. The van der Waals surface area contributed by atoms with Gasteiger partial charge in [0.15, 0.2) is 5.96 Å². The average Bonchev–Trinajstić information content (AvgIpc) is 2.90. The molecule has 0 radical (unpaired) electrons. The maximum absolute atomic E-state index is 5.61. The largest absolute Gasteiger partial charge is 0.370 e. The lowest BCUT2D eigenvalue weighted by atomic mass is 10.7. The van der Waals surface area contributed by atoms with Gasteiger partial charge in [-0.15, -0.1) is 0 Å². The van der Waals surface area contributed by atoms with Crippen LogP contribution in [-0.2, 0) is 0 Å². The predicted molar refractivity (Wildman–Crippen MR) is 50.3 cm³/mol. The molecule has 1 fully saturated rings. The molecule has 5 nitrogen and oxygen atoms in total. The van der Waals surface area contributed by atoms with Crippen molar-refractivity contribution in [3.05, 3.63) is 18.5 Å². The summed E-state index contributed by atoms with van der Waals surface area (Å²) in [5, 5.41) is 2.82. The second-order valence-corrected chi connectivity index (χ2v) is 2.94. The maximum Gasteiger partial charge on any atom is 0.229 e. The summed E-state index contributed by atoms with van der Waals surface area (Å²) in [4.78, 5) is 12.1. The molecule has 0 spiro atoms. The predicted octanol–water partition coefficient (Wildman–Crippen LogP) is 0.366. The molecule has 0 saturated heterocycles. The van der Waals surface area contributed by atoms with Crippen molar-refractivity contribution in [3.63, 3.8) is 0 Å². The number of nitrogens with one attached hydrogen (secondary N) is 1. The quantitative estimate of drug-likeness (QED) is 0.505. The summed E-state index contributed by atoms with van der Waals surface area (Å²) in [6.45, 7) is 0. The average molecular weight is 177 g/mol. The minimum Gasteiger partial charge on any atom is -0.370 e. The van der Waals surface area contributed by atoms with Crippen molar-refractivity contribution < 1.29 is 0 Å². The van der Waals surface area contributed by atoms with Gasteiger partial charge < -0.3 is 5.73 Å². The van der Waals surface area contributed by atoms with Crippen molar-refractivity contribution >= 4 is 11.9 Å². The third kappa shape index (κ3) is 2.40. The van der Waals surface area contributed by atoms with E-state index in [0.29, 0.717) is 17.9 Å². The summed E-state index contributed by atoms with van der Waals surface area (Å²) >= 11 is 0. The van der Waals surface area contributed by atoms with Gasteiger partial charge in [0.1, 0.15) is 0 Å². The Labute approximate surface area is 76.1 Å². The monoisotopic (exact) mass is 177 g/mol. The Hall–Kier alpha value is -1.65. The Balaban J connectivity index is 1.97. The number of hydrogen-bond donors (Lipinski definition) is 2. The lowest BCUT2D eigenvalue weighted by Crippen LogP contribution is -2.24. The molecule has 1 aliphatic carbocycles. The van der Waals surface area contributed by atoms with Gasteiger partial charge in [-0.25, -0.2) is 15.0 Å². The lowest BCUT2D eigenvalue weighted by Gasteiger charge is -2.01. The maximum atomic E-state index is 5.61.